The molecule has 0 saturated heterocycles. The second-order valence-corrected chi connectivity index (χ2v) is 6.59. The van der Waals surface area contributed by atoms with Crippen molar-refractivity contribution in [1.82, 2.24) is 20.1 Å². The molecular formula is C16H19N5O4. The van der Waals surface area contributed by atoms with Crippen LogP contribution in [0.4, 0.5) is 0 Å². The van der Waals surface area contributed by atoms with Crippen molar-refractivity contribution < 1.29 is 19.7 Å². The molecule has 0 aromatic carbocycles. The standard InChI is InChI=1S/C16H19N5O4/c22-8-10(23)6-18-16(24)14-11-2-1-9-5-12(9)15(11)21(19-14)13-7-20(25)4-3-17-13/h3-4,7,9-10,12,22-23H,1-2,5-6,8H2,(H,18,24)/t9-,10+,12+/m1/s1. The van der Waals surface area contributed by atoms with Crippen LogP contribution in [0.5, 0.6) is 0 Å². The first-order chi connectivity index (χ1) is 12.1. The van der Waals surface area contributed by atoms with Crippen LogP contribution >= 0.6 is 0 Å². The summed E-state index contributed by atoms with van der Waals surface area (Å²) in [5.74, 6) is 0.948. The molecule has 0 unspecified atom stereocenters. The summed E-state index contributed by atoms with van der Waals surface area (Å²) in [6, 6.07) is 0. The topological polar surface area (TPSA) is 127 Å². The summed E-state index contributed by atoms with van der Waals surface area (Å²) in [7, 11) is 0. The van der Waals surface area contributed by atoms with Crippen molar-refractivity contribution in [1.29, 1.82) is 0 Å². The maximum absolute atomic E-state index is 12.5. The Morgan fingerprint density at radius 3 is 3.16 bits per heavy atom. The molecule has 1 amide bonds. The lowest BCUT2D eigenvalue weighted by Gasteiger charge is -2.13. The van der Waals surface area contributed by atoms with Crippen LogP contribution in [0.3, 0.4) is 0 Å². The normalized spacial score (nSPS) is 22.0. The molecule has 0 bridgehead atoms. The largest absolute Gasteiger partial charge is 0.619 e. The van der Waals surface area contributed by atoms with Crippen LogP contribution in [-0.2, 0) is 6.42 Å². The van der Waals surface area contributed by atoms with Gasteiger partial charge in [-0.1, -0.05) is 0 Å². The molecule has 2 heterocycles. The highest BCUT2D eigenvalue weighted by atomic mass is 16.5. The highest BCUT2D eigenvalue weighted by Gasteiger charge is 2.47. The Morgan fingerprint density at radius 1 is 1.56 bits per heavy atom. The van der Waals surface area contributed by atoms with E-state index in [9.17, 15) is 15.1 Å². The first-order valence-corrected chi connectivity index (χ1v) is 8.32. The molecule has 2 aromatic rings. The number of rotatable bonds is 5. The average molecular weight is 345 g/mol. The predicted octanol–water partition coefficient (Wildman–Crippen LogP) is -0.967. The summed E-state index contributed by atoms with van der Waals surface area (Å²) < 4.78 is 2.26. The van der Waals surface area contributed by atoms with Crippen LogP contribution in [0.25, 0.3) is 5.82 Å². The molecule has 132 valence electrons. The fraction of sp³-hybridized carbons (Fsp3) is 0.500. The third kappa shape index (κ3) is 2.85. The van der Waals surface area contributed by atoms with Gasteiger partial charge < -0.3 is 20.7 Å². The molecule has 2 aliphatic carbocycles. The van der Waals surface area contributed by atoms with Gasteiger partial charge in [0.05, 0.1) is 24.6 Å². The van der Waals surface area contributed by atoms with E-state index in [0.717, 1.165) is 30.5 Å². The number of amides is 1. The van der Waals surface area contributed by atoms with E-state index in [1.54, 1.807) is 4.68 Å². The third-order valence-corrected chi connectivity index (χ3v) is 4.87. The summed E-state index contributed by atoms with van der Waals surface area (Å²) in [6.45, 7) is -0.471. The second-order valence-electron chi connectivity index (χ2n) is 6.59. The molecule has 2 aromatic heterocycles. The molecule has 3 atom stereocenters. The molecule has 0 aliphatic heterocycles. The lowest BCUT2D eigenvalue weighted by molar-refractivity contribution is -0.605. The van der Waals surface area contributed by atoms with Gasteiger partial charge in [0.25, 0.3) is 5.91 Å². The van der Waals surface area contributed by atoms with Crippen molar-refractivity contribution in [2.75, 3.05) is 13.2 Å². The minimum absolute atomic E-state index is 0.0484. The second kappa shape index (κ2) is 6.08. The number of fused-ring (bicyclic) bond motifs is 3. The number of aliphatic hydroxyl groups excluding tert-OH is 2. The number of aromatic nitrogens is 4. The smallest absolute Gasteiger partial charge is 0.272 e. The zero-order valence-corrected chi connectivity index (χ0v) is 13.5. The van der Waals surface area contributed by atoms with Gasteiger partial charge >= 0.3 is 0 Å². The maximum atomic E-state index is 12.5. The van der Waals surface area contributed by atoms with E-state index >= 15 is 0 Å². The summed E-state index contributed by atoms with van der Waals surface area (Å²) in [5.41, 5.74) is 2.15. The highest BCUT2D eigenvalue weighted by Crippen LogP contribution is 2.55. The fourth-order valence-corrected chi connectivity index (χ4v) is 3.51. The van der Waals surface area contributed by atoms with Crippen LogP contribution in [0.15, 0.2) is 18.6 Å². The van der Waals surface area contributed by atoms with Gasteiger partial charge in [-0.25, -0.2) is 9.67 Å². The van der Waals surface area contributed by atoms with Gasteiger partial charge in [-0.2, -0.15) is 9.83 Å². The minimum atomic E-state index is -1.01. The number of nitrogens with zero attached hydrogens (tertiary/aromatic N) is 4. The molecule has 0 radical (unpaired) electrons. The Labute approximate surface area is 143 Å². The van der Waals surface area contributed by atoms with Crippen molar-refractivity contribution in [3.63, 3.8) is 0 Å². The number of nitrogens with one attached hydrogen (secondary N) is 1. The SMILES string of the molecule is O=C(NC[C@H](O)CO)c1nn(-c2c[n+]([O-])ccn2)c2c1CC[C@@H]1C[C@H]21. The molecule has 9 heteroatoms. The third-order valence-electron chi connectivity index (χ3n) is 4.87. The van der Waals surface area contributed by atoms with E-state index in [1.807, 2.05) is 0 Å². The van der Waals surface area contributed by atoms with Crippen LogP contribution < -0.4 is 10.0 Å². The first-order valence-electron chi connectivity index (χ1n) is 8.32. The Morgan fingerprint density at radius 2 is 2.40 bits per heavy atom. The molecule has 25 heavy (non-hydrogen) atoms. The van der Waals surface area contributed by atoms with Crippen molar-refractivity contribution in [3.8, 4) is 5.82 Å². The Kier molecular flexibility index (Phi) is 3.89. The quantitative estimate of drug-likeness (QED) is 0.473. The van der Waals surface area contributed by atoms with Gasteiger partial charge in [-0.3, -0.25) is 4.79 Å². The fourth-order valence-electron chi connectivity index (χ4n) is 3.51. The van der Waals surface area contributed by atoms with E-state index in [4.69, 9.17) is 5.11 Å². The molecule has 3 N–H and O–H groups in total. The molecule has 4 rings (SSSR count). The molecular weight excluding hydrogens is 326 g/mol. The highest BCUT2D eigenvalue weighted by molar-refractivity contribution is 5.94. The Bertz CT molecular complexity index is 821. The van der Waals surface area contributed by atoms with Crippen molar-refractivity contribution in [2.45, 2.75) is 31.3 Å². The molecule has 9 nitrogen and oxygen atoms in total. The summed E-state index contributed by atoms with van der Waals surface area (Å²) >= 11 is 0. The van der Waals surface area contributed by atoms with Crippen molar-refractivity contribution in [3.05, 3.63) is 40.7 Å². The summed E-state index contributed by atoms with van der Waals surface area (Å²) in [5, 5.41) is 36.9. The van der Waals surface area contributed by atoms with E-state index in [0.29, 0.717) is 28.1 Å². The van der Waals surface area contributed by atoms with Gasteiger partial charge in [0.1, 0.15) is 0 Å². The van der Waals surface area contributed by atoms with E-state index in [2.05, 4.69) is 15.4 Å². The van der Waals surface area contributed by atoms with E-state index in [-0.39, 0.29) is 6.54 Å². The zero-order valence-electron chi connectivity index (χ0n) is 13.5. The number of hydrogen-bond acceptors (Lipinski definition) is 6. The maximum Gasteiger partial charge on any atom is 0.272 e. The van der Waals surface area contributed by atoms with Crippen LogP contribution in [0.1, 0.15) is 40.5 Å². The van der Waals surface area contributed by atoms with Gasteiger partial charge in [-0.15, -0.1) is 0 Å². The molecule has 0 spiro atoms. The monoisotopic (exact) mass is 345 g/mol. The van der Waals surface area contributed by atoms with Crippen molar-refractivity contribution in [2.24, 2.45) is 5.92 Å². The van der Waals surface area contributed by atoms with E-state index in [1.165, 1.54) is 18.6 Å². The Balaban J connectivity index is 1.71. The summed E-state index contributed by atoms with van der Waals surface area (Å²) in [4.78, 5) is 16.7. The minimum Gasteiger partial charge on any atom is -0.619 e. The lowest BCUT2D eigenvalue weighted by Crippen LogP contribution is -2.34. The first kappa shape index (κ1) is 16.0. The molecule has 1 saturated carbocycles. The number of hydrogen-bond donors (Lipinski definition) is 3. The average Bonchev–Trinajstić information content (AvgIpc) is 3.31. The van der Waals surface area contributed by atoms with E-state index < -0.39 is 18.6 Å². The molecule has 2 aliphatic rings. The van der Waals surface area contributed by atoms with Gasteiger partial charge in [0, 0.05) is 18.0 Å². The Hall–Kier alpha value is -2.52. The van der Waals surface area contributed by atoms with Gasteiger partial charge in [0.15, 0.2) is 11.9 Å². The lowest BCUT2D eigenvalue weighted by atomic mass is 9.95. The van der Waals surface area contributed by atoms with Gasteiger partial charge in [-0.05, 0) is 25.2 Å². The number of carbonyl (C=O) groups excluding carboxylic acids is 1. The summed E-state index contributed by atoms with van der Waals surface area (Å²) in [6.07, 6.45) is 5.86. The molecule has 1 fully saturated rings. The van der Waals surface area contributed by atoms with Gasteiger partial charge in [0.2, 0.25) is 12.0 Å². The number of aliphatic hydroxyl groups is 2. The number of carbonyl (C=O) groups is 1. The van der Waals surface area contributed by atoms with Crippen LogP contribution in [0.2, 0.25) is 0 Å². The zero-order chi connectivity index (χ0) is 17.6. The van der Waals surface area contributed by atoms with Crippen LogP contribution in [0, 0.1) is 11.1 Å². The predicted molar refractivity (Wildman–Crippen MR) is 84.9 cm³/mol. The van der Waals surface area contributed by atoms with Crippen molar-refractivity contribution >= 4 is 5.91 Å². The van der Waals surface area contributed by atoms with Crippen LogP contribution in [-0.4, -0.2) is 50.1 Å².